The number of nitrogens with one attached hydrogen (secondary N) is 1. The molecule has 5 heteroatoms. The molecule has 106 valence electrons. The number of rotatable bonds is 3. The molecule has 3 nitrogen and oxygen atoms in total. The van der Waals surface area contributed by atoms with E-state index in [4.69, 9.17) is 11.6 Å². The normalized spacial score (nSPS) is 22.3. The van der Waals surface area contributed by atoms with E-state index in [0.29, 0.717) is 9.90 Å². The second-order valence-corrected chi connectivity index (χ2v) is 6.63. The number of hydrogen-bond donors (Lipinski definition) is 2. The van der Waals surface area contributed by atoms with Gasteiger partial charge in [-0.05, 0) is 18.9 Å². The van der Waals surface area contributed by atoms with Crippen molar-refractivity contribution in [2.75, 3.05) is 6.61 Å². The van der Waals surface area contributed by atoms with Crippen LogP contribution in [0.5, 0.6) is 0 Å². The molecule has 1 heterocycles. The van der Waals surface area contributed by atoms with Crippen LogP contribution in [0.15, 0.2) is 24.3 Å². The lowest BCUT2D eigenvalue weighted by molar-refractivity contribution is 0.0920. The lowest BCUT2D eigenvalue weighted by atomic mass is 10.1. The summed E-state index contributed by atoms with van der Waals surface area (Å²) in [7, 11) is 0. The van der Waals surface area contributed by atoms with Crippen molar-refractivity contribution >= 4 is 38.9 Å². The molecular weight excluding hydrogens is 294 g/mol. The number of fused-ring (bicyclic) bond motifs is 1. The highest BCUT2D eigenvalue weighted by molar-refractivity contribution is 7.21. The average Bonchev–Trinajstić information content (AvgIpc) is 3.04. The Kier molecular flexibility index (Phi) is 3.96. The predicted molar refractivity (Wildman–Crippen MR) is 82.5 cm³/mol. The first kappa shape index (κ1) is 13.9. The highest BCUT2D eigenvalue weighted by atomic mass is 35.5. The molecule has 2 aromatic rings. The van der Waals surface area contributed by atoms with Crippen LogP contribution in [0.2, 0.25) is 5.02 Å². The molecule has 2 unspecified atom stereocenters. The summed E-state index contributed by atoms with van der Waals surface area (Å²) in [6, 6.07) is 7.82. The number of amides is 1. The van der Waals surface area contributed by atoms with Crippen LogP contribution < -0.4 is 5.32 Å². The van der Waals surface area contributed by atoms with Crippen LogP contribution in [0, 0.1) is 5.92 Å². The fourth-order valence-electron chi connectivity index (χ4n) is 2.84. The molecule has 20 heavy (non-hydrogen) atoms. The van der Waals surface area contributed by atoms with Crippen molar-refractivity contribution in [1.29, 1.82) is 0 Å². The highest BCUT2D eigenvalue weighted by Crippen LogP contribution is 2.35. The Hall–Kier alpha value is -1.10. The SMILES string of the molecule is O=C(NC1CCCC1CO)c1sc2ccccc2c1Cl. The molecule has 3 rings (SSSR count). The summed E-state index contributed by atoms with van der Waals surface area (Å²) in [4.78, 5) is 13.0. The number of carbonyl (C=O) groups excluding carboxylic acids is 1. The van der Waals surface area contributed by atoms with E-state index in [-0.39, 0.29) is 24.5 Å². The topological polar surface area (TPSA) is 49.3 Å². The molecule has 2 atom stereocenters. The number of benzene rings is 1. The van der Waals surface area contributed by atoms with Crippen LogP contribution in [-0.2, 0) is 0 Å². The number of halogens is 1. The first-order valence-electron chi connectivity index (χ1n) is 6.79. The van der Waals surface area contributed by atoms with Crippen molar-refractivity contribution < 1.29 is 9.90 Å². The minimum atomic E-state index is -0.124. The molecule has 1 amide bonds. The van der Waals surface area contributed by atoms with Crippen LogP contribution in [0.25, 0.3) is 10.1 Å². The molecule has 0 spiro atoms. The summed E-state index contributed by atoms with van der Waals surface area (Å²) < 4.78 is 1.02. The van der Waals surface area contributed by atoms with E-state index in [2.05, 4.69) is 5.32 Å². The molecule has 2 N–H and O–H groups in total. The van der Waals surface area contributed by atoms with Gasteiger partial charge in [-0.25, -0.2) is 0 Å². The molecule has 1 aliphatic carbocycles. The number of carbonyl (C=O) groups is 1. The van der Waals surface area contributed by atoms with E-state index in [1.54, 1.807) is 0 Å². The van der Waals surface area contributed by atoms with Gasteiger partial charge in [0.05, 0.1) is 5.02 Å². The van der Waals surface area contributed by atoms with Crippen molar-refractivity contribution in [3.63, 3.8) is 0 Å². The third-order valence-corrected chi connectivity index (χ3v) is 5.63. The maximum absolute atomic E-state index is 12.4. The van der Waals surface area contributed by atoms with Gasteiger partial charge in [0.1, 0.15) is 4.88 Å². The zero-order valence-electron chi connectivity index (χ0n) is 10.9. The molecule has 0 radical (unpaired) electrons. The van der Waals surface area contributed by atoms with Crippen LogP contribution in [0.3, 0.4) is 0 Å². The summed E-state index contributed by atoms with van der Waals surface area (Å²) in [5.74, 6) is 0.0497. The lowest BCUT2D eigenvalue weighted by Gasteiger charge is -2.18. The Morgan fingerprint density at radius 2 is 2.20 bits per heavy atom. The molecule has 1 fully saturated rings. The summed E-state index contributed by atoms with van der Waals surface area (Å²) in [6.07, 6.45) is 2.96. The van der Waals surface area contributed by atoms with Crippen molar-refractivity contribution in [3.05, 3.63) is 34.2 Å². The summed E-state index contributed by atoms with van der Waals surface area (Å²) in [5.41, 5.74) is 0. The van der Waals surface area contributed by atoms with Gasteiger partial charge >= 0.3 is 0 Å². The van der Waals surface area contributed by atoms with E-state index in [1.165, 1.54) is 11.3 Å². The lowest BCUT2D eigenvalue weighted by Crippen LogP contribution is -2.38. The van der Waals surface area contributed by atoms with E-state index in [0.717, 1.165) is 29.3 Å². The van der Waals surface area contributed by atoms with Gasteiger partial charge < -0.3 is 10.4 Å². The summed E-state index contributed by atoms with van der Waals surface area (Å²) in [6.45, 7) is 0.130. The third kappa shape index (κ3) is 2.43. The standard InChI is InChI=1S/C15H16ClNO2S/c16-13-10-5-1-2-7-12(10)20-14(13)15(19)17-11-6-3-4-9(11)8-18/h1-2,5,7,9,11,18H,3-4,6,8H2,(H,17,19). The van der Waals surface area contributed by atoms with Gasteiger partial charge in [0.15, 0.2) is 0 Å². The van der Waals surface area contributed by atoms with Gasteiger partial charge in [0, 0.05) is 28.7 Å². The Bertz CT molecular complexity index is 640. The second-order valence-electron chi connectivity index (χ2n) is 5.19. The minimum absolute atomic E-state index is 0.0637. The van der Waals surface area contributed by atoms with Crippen LogP contribution >= 0.6 is 22.9 Å². The largest absolute Gasteiger partial charge is 0.396 e. The molecule has 0 bridgehead atoms. The van der Waals surface area contributed by atoms with E-state index in [9.17, 15) is 9.90 Å². The number of hydrogen-bond acceptors (Lipinski definition) is 3. The van der Waals surface area contributed by atoms with Gasteiger partial charge in [-0.1, -0.05) is 36.2 Å². The third-order valence-electron chi connectivity index (χ3n) is 3.95. The van der Waals surface area contributed by atoms with Crippen molar-refractivity contribution in [3.8, 4) is 0 Å². The zero-order valence-corrected chi connectivity index (χ0v) is 12.5. The van der Waals surface area contributed by atoms with Crippen LogP contribution in [-0.4, -0.2) is 23.7 Å². The Morgan fingerprint density at radius 1 is 1.40 bits per heavy atom. The fourth-order valence-corrected chi connectivity index (χ4v) is 4.26. The molecule has 1 aromatic carbocycles. The van der Waals surface area contributed by atoms with Crippen molar-refractivity contribution in [1.82, 2.24) is 5.32 Å². The molecule has 0 aliphatic heterocycles. The van der Waals surface area contributed by atoms with Gasteiger partial charge in [-0.15, -0.1) is 11.3 Å². The van der Waals surface area contributed by atoms with E-state index < -0.39 is 0 Å². The van der Waals surface area contributed by atoms with Crippen molar-refractivity contribution in [2.45, 2.75) is 25.3 Å². The number of thiophene rings is 1. The van der Waals surface area contributed by atoms with E-state index >= 15 is 0 Å². The minimum Gasteiger partial charge on any atom is -0.396 e. The maximum atomic E-state index is 12.4. The highest BCUT2D eigenvalue weighted by Gasteiger charge is 2.29. The second kappa shape index (κ2) is 5.72. The molecule has 1 aromatic heterocycles. The molecule has 0 saturated heterocycles. The molecule has 1 aliphatic rings. The Labute approximate surface area is 126 Å². The number of aliphatic hydroxyl groups excluding tert-OH is 1. The van der Waals surface area contributed by atoms with Gasteiger partial charge in [-0.3, -0.25) is 4.79 Å². The monoisotopic (exact) mass is 309 g/mol. The van der Waals surface area contributed by atoms with Crippen molar-refractivity contribution in [2.24, 2.45) is 5.92 Å². The molecule has 1 saturated carbocycles. The Balaban J connectivity index is 1.84. The van der Waals surface area contributed by atoms with Gasteiger partial charge in [0.25, 0.3) is 5.91 Å². The number of aliphatic hydroxyl groups is 1. The summed E-state index contributed by atoms with van der Waals surface area (Å²) >= 11 is 7.73. The predicted octanol–water partition coefficient (Wildman–Crippen LogP) is 3.45. The fraction of sp³-hybridized carbons (Fsp3) is 0.400. The first-order valence-corrected chi connectivity index (χ1v) is 7.99. The summed E-state index contributed by atoms with van der Waals surface area (Å²) in [5, 5.41) is 13.8. The van der Waals surface area contributed by atoms with Gasteiger partial charge in [0.2, 0.25) is 0 Å². The van der Waals surface area contributed by atoms with Gasteiger partial charge in [-0.2, -0.15) is 0 Å². The smallest absolute Gasteiger partial charge is 0.263 e. The Morgan fingerprint density at radius 3 is 2.95 bits per heavy atom. The quantitative estimate of drug-likeness (QED) is 0.912. The first-order chi connectivity index (χ1) is 9.70. The van der Waals surface area contributed by atoms with Crippen LogP contribution in [0.4, 0.5) is 0 Å². The van der Waals surface area contributed by atoms with E-state index in [1.807, 2.05) is 24.3 Å². The zero-order chi connectivity index (χ0) is 14.1. The molecular formula is C15H16ClNO2S. The maximum Gasteiger partial charge on any atom is 0.263 e. The average molecular weight is 310 g/mol. The van der Waals surface area contributed by atoms with Crippen LogP contribution in [0.1, 0.15) is 28.9 Å².